The minimum Gasteiger partial charge on any atom is -0.393 e. The molecule has 4 heteroatoms. The van der Waals surface area contributed by atoms with Gasteiger partial charge in [0.25, 0.3) is 0 Å². The molecule has 2 fully saturated rings. The number of rotatable bonds is 2. The van der Waals surface area contributed by atoms with E-state index in [1.165, 1.54) is 23.6 Å². The average molecular weight is 311 g/mol. The van der Waals surface area contributed by atoms with Crippen LogP contribution in [0.1, 0.15) is 25.7 Å². The molecule has 0 radical (unpaired) electrons. The highest BCUT2D eigenvalue weighted by Crippen LogP contribution is 2.28. The van der Waals surface area contributed by atoms with Gasteiger partial charge in [0.15, 0.2) is 0 Å². The van der Waals surface area contributed by atoms with Crippen LogP contribution in [0.4, 0.5) is 5.82 Å². The zero-order chi connectivity index (χ0) is 15.6. The molecule has 2 aliphatic heterocycles. The quantitative estimate of drug-likeness (QED) is 0.925. The summed E-state index contributed by atoms with van der Waals surface area (Å²) in [6.07, 6.45) is 6.11. The number of benzene rings is 1. The monoisotopic (exact) mass is 311 g/mol. The zero-order valence-electron chi connectivity index (χ0n) is 13.6. The summed E-state index contributed by atoms with van der Waals surface area (Å²) in [7, 11) is 0. The first-order chi connectivity index (χ1) is 11.3. The van der Waals surface area contributed by atoms with Crippen molar-refractivity contribution >= 4 is 16.6 Å². The van der Waals surface area contributed by atoms with Crippen LogP contribution in [-0.2, 0) is 0 Å². The smallest absolute Gasteiger partial charge is 0.136 e. The fourth-order valence-electron chi connectivity index (χ4n) is 4.05. The summed E-state index contributed by atoms with van der Waals surface area (Å²) in [5.74, 6) is 1.13. The molecule has 0 aliphatic carbocycles. The van der Waals surface area contributed by atoms with Crippen molar-refractivity contribution in [2.75, 3.05) is 31.1 Å². The van der Waals surface area contributed by atoms with Gasteiger partial charge in [-0.05, 0) is 37.1 Å². The summed E-state index contributed by atoms with van der Waals surface area (Å²) in [6, 6.07) is 11.3. The molecule has 4 nitrogen and oxygen atoms in total. The van der Waals surface area contributed by atoms with Gasteiger partial charge in [0.1, 0.15) is 5.82 Å². The van der Waals surface area contributed by atoms with Gasteiger partial charge >= 0.3 is 0 Å². The first-order valence-electron chi connectivity index (χ1n) is 8.82. The molecule has 23 heavy (non-hydrogen) atoms. The van der Waals surface area contributed by atoms with Crippen LogP contribution in [0.15, 0.2) is 36.5 Å². The molecule has 1 aromatic heterocycles. The number of aliphatic hydroxyl groups is 1. The van der Waals surface area contributed by atoms with E-state index in [1.807, 2.05) is 6.20 Å². The topological polar surface area (TPSA) is 39.6 Å². The molecule has 4 rings (SSSR count). The van der Waals surface area contributed by atoms with Crippen LogP contribution in [0.2, 0.25) is 0 Å². The van der Waals surface area contributed by atoms with E-state index in [0.717, 1.165) is 44.8 Å². The molecule has 122 valence electrons. The fraction of sp³-hybridized carbons (Fsp3) is 0.526. The number of nitrogens with zero attached hydrogens (tertiary/aromatic N) is 3. The molecular formula is C19H25N3O. The first-order valence-corrected chi connectivity index (χ1v) is 8.82. The molecule has 2 aromatic rings. The number of fused-ring (bicyclic) bond motifs is 1. The molecule has 0 spiro atoms. The predicted molar refractivity (Wildman–Crippen MR) is 93.8 cm³/mol. The third-order valence-corrected chi connectivity index (χ3v) is 5.43. The van der Waals surface area contributed by atoms with Gasteiger partial charge in [0.2, 0.25) is 0 Å². The highest BCUT2D eigenvalue weighted by Gasteiger charge is 2.28. The van der Waals surface area contributed by atoms with Gasteiger partial charge in [0.05, 0.1) is 6.10 Å². The first kappa shape index (κ1) is 14.9. The lowest BCUT2D eigenvalue weighted by molar-refractivity contribution is 0.0542. The normalized spacial score (nSPS) is 21.9. The lowest BCUT2D eigenvalue weighted by atomic mass is 9.98. The molecular weight excluding hydrogens is 286 g/mol. The van der Waals surface area contributed by atoms with E-state index < -0.39 is 0 Å². The number of anilines is 1. The standard InChI is InChI=1S/C19H25N3O/c23-17-8-13-21(14-9-17)16-6-11-22(12-7-16)19-18-4-2-1-3-15(18)5-10-20-19/h1-5,10,16-17,23H,6-9,11-14H2. The highest BCUT2D eigenvalue weighted by atomic mass is 16.3. The summed E-state index contributed by atoms with van der Waals surface area (Å²) in [5.41, 5.74) is 0. The molecule has 2 saturated heterocycles. The van der Waals surface area contributed by atoms with E-state index in [0.29, 0.717) is 6.04 Å². The van der Waals surface area contributed by atoms with Crippen LogP contribution >= 0.6 is 0 Å². The third-order valence-electron chi connectivity index (χ3n) is 5.43. The van der Waals surface area contributed by atoms with Crippen LogP contribution in [-0.4, -0.2) is 53.3 Å². The van der Waals surface area contributed by atoms with Gasteiger partial charge in [-0.3, -0.25) is 0 Å². The van der Waals surface area contributed by atoms with Gasteiger partial charge in [0, 0.05) is 43.8 Å². The number of likely N-dealkylation sites (tertiary alicyclic amines) is 1. The zero-order valence-corrected chi connectivity index (χ0v) is 13.6. The Hall–Kier alpha value is -1.65. The molecule has 0 bridgehead atoms. The van der Waals surface area contributed by atoms with Gasteiger partial charge < -0.3 is 14.9 Å². The van der Waals surface area contributed by atoms with E-state index in [4.69, 9.17) is 0 Å². The molecule has 1 N–H and O–H groups in total. The Morgan fingerprint density at radius 1 is 0.913 bits per heavy atom. The third kappa shape index (κ3) is 3.06. The van der Waals surface area contributed by atoms with Crippen molar-refractivity contribution in [3.63, 3.8) is 0 Å². The number of piperidine rings is 2. The highest BCUT2D eigenvalue weighted by molar-refractivity contribution is 5.92. The lowest BCUT2D eigenvalue weighted by Crippen LogP contribution is -2.48. The van der Waals surface area contributed by atoms with E-state index in [1.54, 1.807) is 0 Å². The van der Waals surface area contributed by atoms with Crippen molar-refractivity contribution in [1.82, 2.24) is 9.88 Å². The van der Waals surface area contributed by atoms with Crippen molar-refractivity contribution in [1.29, 1.82) is 0 Å². The molecule has 0 atom stereocenters. The van der Waals surface area contributed by atoms with Crippen molar-refractivity contribution in [3.8, 4) is 0 Å². The summed E-state index contributed by atoms with van der Waals surface area (Å²) in [4.78, 5) is 9.68. The van der Waals surface area contributed by atoms with Crippen LogP contribution in [0.25, 0.3) is 10.8 Å². The second-order valence-electron chi connectivity index (χ2n) is 6.84. The molecule has 2 aliphatic rings. The second kappa shape index (κ2) is 6.46. The largest absolute Gasteiger partial charge is 0.393 e. The lowest BCUT2D eigenvalue weighted by Gasteiger charge is -2.41. The Balaban J connectivity index is 1.45. The van der Waals surface area contributed by atoms with Gasteiger partial charge in [-0.1, -0.05) is 24.3 Å². The molecule has 0 amide bonds. The van der Waals surface area contributed by atoms with Crippen LogP contribution < -0.4 is 4.90 Å². The Morgan fingerprint density at radius 3 is 2.43 bits per heavy atom. The van der Waals surface area contributed by atoms with E-state index in [9.17, 15) is 5.11 Å². The summed E-state index contributed by atoms with van der Waals surface area (Å²) in [6.45, 7) is 4.26. The van der Waals surface area contributed by atoms with Gasteiger partial charge in [-0.25, -0.2) is 4.98 Å². The van der Waals surface area contributed by atoms with Crippen LogP contribution in [0.3, 0.4) is 0 Å². The molecule has 3 heterocycles. The average Bonchev–Trinajstić information content (AvgIpc) is 2.62. The minimum atomic E-state index is -0.0776. The maximum Gasteiger partial charge on any atom is 0.136 e. The van der Waals surface area contributed by atoms with Gasteiger partial charge in [-0.15, -0.1) is 0 Å². The SMILES string of the molecule is OC1CCN(C2CCN(c3nccc4ccccc34)CC2)CC1. The maximum atomic E-state index is 9.67. The van der Waals surface area contributed by atoms with Crippen molar-refractivity contribution in [2.24, 2.45) is 0 Å². The van der Waals surface area contributed by atoms with E-state index >= 15 is 0 Å². The fourth-order valence-corrected chi connectivity index (χ4v) is 4.05. The Bertz CT molecular complexity index is 653. The molecule has 0 unspecified atom stereocenters. The van der Waals surface area contributed by atoms with Crippen LogP contribution in [0, 0.1) is 0 Å². The maximum absolute atomic E-state index is 9.67. The van der Waals surface area contributed by atoms with Crippen molar-refractivity contribution in [3.05, 3.63) is 36.5 Å². The summed E-state index contributed by atoms with van der Waals surface area (Å²) >= 11 is 0. The Kier molecular flexibility index (Phi) is 4.19. The molecule has 1 aromatic carbocycles. The van der Waals surface area contributed by atoms with E-state index in [-0.39, 0.29) is 6.10 Å². The van der Waals surface area contributed by atoms with Crippen molar-refractivity contribution < 1.29 is 5.11 Å². The Labute approximate surface area is 137 Å². The number of aliphatic hydroxyl groups excluding tert-OH is 1. The minimum absolute atomic E-state index is 0.0776. The van der Waals surface area contributed by atoms with Crippen LogP contribution in [0.5, 0.6) is 0 Å². The summed E-state index contributed by atoms with van der Waals surface area (Å²) < 4.78 is 0. The summed E-state index contributed by atoms with van der Waals surface area (Å²) in [5, 5.41) is 12.2. The predicted octanol–water partition coefficient (Wildman–Crippen LogP) is 2.66. The van der Waals surface area contributed by atoms with Crippen molar-refractivity contribution in [2.45, 2.75) is 37.8 Å². The number of pyridine rings is 1. The number of aromatic nitrogens is 1. The van der Waals surface area contributed by atoms with Gasteiger partial charge in [-0.2, -0.15) is 0 Å². The second-order valence-corrected chi connectivity index (χ2v) is 6.84. The Morgan fingerprint density at radius 2 is 1.65 bits per heavy atom. The molecule has 0 saturated carbocycles. The van der Waals surface area contributed by atoms with E-state index in [2.05, 4.69) is 45.1 Å². The number of hydrogen-bond acceptors (Lipinski definition) is 4. The number of hydrogen-bond donors (Lipinski definition) is 1.